The molecule has 0 spiro atoms. The lowest BCUT2D eigenvalue weighted by atomic mass is 10.1. The van der Waals surface area contributed by atoms with Gasteiger partial charge in [0, 0.05) is 19.6 Å². The minimum atomic E-state index is 0.138. The molecule has 0 atom stereocenters. The summed E-state index contributed by atoms with van der Waals surface area (Å²) in [7, 11) is 0. The Morgan fingerprint density at radius 1 is 0.393 bits per heavy atom. The molecule has 3 N–H and O–H groups in total. The highest BCUT2D eigenvalue weighted by molar-refractivity contribution is 4.62. The van der Waals surface area contributed by atoms with Crippen LogP contribution in [0.15, 0.2) is 0 Å². The average Bonchev–Trinajstić information content (AvgIpc) is 2.69. The SMILES string of the molecule is CCCCCCCCCCCCCCN(CCO)CCCN(CCO)CCO. The monoisotopic (exact) mass is 402 g/mol. The lowest BCUT2D eigenvalue weighted by Crippen LogP contribution is -2.35. The van der Waals surface area contributed by atoms with Gasteiger partial charge in [0.15, 0.2) is 0 Å². The van der Waals surface area contributed by atoms with Crippen LogP contribution in [0.1, 0.15) is 90.4 Å². The Morgan fingerprint density at radius 3 is 1.11 bits per heavy atom. The molecule has 170 valence electrons. The molecule has 0 amide bonds. The normalized spacial score (nSPS) is 11.8. The van der Waals surface area contributed by atoms with Crippen molar-refractivity contribution in [2.24, 2.45) is 0 Å². The van der Waals surface area contributed by atoms with Gasteiger partial charge in [0.1, 0.15) is 0 Å². The zero-order valence-corrected chi connectivity index (χ0v) is 18.8. The molecule has 0 heterocycles. The molecule has 0 rings (SSSR count). The van der Waals surface area contributed by atoms with Gasteiger partial charge in [-0.3, -0.25) is 4.90 Å². The van der Waals surface area contributed by atoms with Crippen LogP contribution in [0.25, 0.3) is 0 Å². The summed E-state index contributed by atoms with van der Waals surface area (Å²) >= 11 is 0. The van der Waals surface area contributed by atoms with Crippen LogP contribution in [0.5, 0.6) is 0 Å². The van der Waals surface area contributed by atoms with Crippen LogP contribution in [0.2, 0.25) is 0 Å². The predicted molar refractivity (Wildman–Crippen MR) is 120 cm³/mol. The Kier molecular flexibility index (Phi) is 22.9. The van der Waals surface area contributed by atoms with Gasteiger partial charge in [-0.1, -0.05) is 77.6 Å². The number of hydrogen-bond acceptors (Lipinski definition) is 5. The number of aliphatic hydroxyl groups is 3. The molecule has 0 saturated heterocycles. The first-order valence-electron chi connectivity index (χ1n) is 12.1. The third kappa shape index (κ3) is 19.1. The third-order valence-electron chi connectivity index (χ3n) is 5.53. The summed E-state index contributed by atoms with van der Waals surface area (Å²) in [6.45, 7) is 7.70. The van der Waals surface area contributed by atoms with E-state index >= 15 is 0 Å². The van der Waals surface area contributed by atoms with Crippen LogP contribution in [-0.2, 0) is 0 Å². The van der Waals surface area contributed by atoms with Crippen molar-refractivity contribution in [3.8, 4) is 0 Å². The molecule has 0 aromatic rings. The number of aliphatic hydroxyl groups excluding tert-OH is 3. The zero-order chi connectivity index (χ0) is 20.7. The van der Waals surface area contributed by atoms with E-state index in [1.165, 1.54) is 77.0 Å². The fraction of sp³-hybridized carbons (Fsp3) is 1.00. The predicted octanol–water partition coefficient (Wildman–Crippen LogP) is 3.66. The van der Waals surface area contributed by atoms with Crippen molar-refractivity contribution < 1.29 is 15.3 Å². The molecule has 0 saturated carbocycles. The molecule has 5 nitrogen and oxygen atoms in total. The average molecular weight is 403 g/mol. The Hall–Kier alpha value is -0.200. The molecule has 0 unspecified atom stereocenters. The molecule has 0 aromatic carbocycles. The second kappa shape index (κ2) is 23.1. The van der Waals surface area contributed by atoms with E-state index in [1.54, 1.807) is 0 Å². The van der Waals surface area contributed by atoms with Crippen LogP contribution < -0.4 is 0 Å². The fourth-order valence-electron chi connectivity index (χ4n) is 3.79. The Balaban J connectivity index is 3.60. The zero-order valence-electron chi connectivity index (χ0n) is 18.8. The summed E-state index contributed by atoms with van der Waals surface area (Å²) in [4.78, 5) is 4.45. The van der Waals surface area contributed by atoms with Gasteiger partial charge < -0.3 is 20.2 Å². The standard InChI is InChI=1S/C23H50N2O3/c1-2-3-4-5-6-7-8-9-10-11-12-13-15-24(18-21-26)16-14-17-25(19-22-27)20-23-28/h26-28H,2-23H2,1H3. The van der Waals surface area contributed by atoms with Crippen molar-refractivity contribution in [3.63, 3.8) is 0 Å². The van der Waals surface area contributed by atoms with Gasteiger partial charge in [-0.25, -0.2) is 0 Å². The van der Waals surface area contributed by atoms with Gasteiger partial charge in [0.25, 0.3) is 0 Å². The summed E-state index contributed by atoms with van der Waals surface area (Å²) < 4.78 is 0. The third-order valence-corrected chi connectivity index (χ3v) is 5.53. The molecule has 0 bridgehead atoms. The molecule has 0 aliphatic heterocycles. The molecule has 0 fully saturated rings. The fourth-order valence-corrected chi connectivity index (χ4v) is 3.79. The lowest BCUT2D eigenvalue weighted by Gasteiger charge is -2.24. The molecule has 0 aromatic heterocycles. The van der Waals surface area contributed by atoms with Crippen LogP contribution in [0, 0.1) is 0 Å². The molecule has 0 aliphatic rings. The molecule has 0 aliphatic carbocycles. The van der Waals surface area contributed by atoms with Crippen LogP contribution in [0.3, 0.4) is 0 Å². The largest absolute Gasteiger partial charge is 0.395 e. The molecular formula is C23H50N2O3. The van der Waals surface area contributed by atoms with E-state index in [-0.39, 0.29) is 19.8 Å². The van der Waals surface area contributed by atoms with E-state index in [0.29, 0.717) is 13.1 Å². The number of unbranched alkanes of at least 4 members (excludes halogenated alkanes) is 11. The van der Waals surface area contributed by atoms with Crippen molar-refractivity contribution in [1.29, 1.82) is 0 Å². The Bertz CT molecular complexity index is 287. The molecule has 5 heteroatoms. The van der Waals surface area contributed by atoms with Crippen molar-refractivity contribution in [3.05, 3.63) is 0 Å². The smallest absolute Gasteiger partial charge is 0.0558 e. The first-order valence-corrected chi connectivity index (χ1v) is 12.1. The van der Waals surface area contributed by atoms with E-state index in [0.717, 1.165) is 32.6 Å². The molecule has 0 radical (unpaired) electrons. The van der Waals surface area contributed by atoms with Crippen LogP contribution in [0.4, 0.5) is 0 Å². The number of hydrogen-bond donors (Lipinski definition) is 3. The second-order valence-corrected chi connectivity index (χ2v) is 8.10. The maximum Gasteiger partial charge on any atom is 0.0558 e. The maximum atomic E-state index is 9.29. The summed E-state index contributed by atoms with van der Waals surface area (Å²) in [6, 6.07) is 0. The molecule has 28 heavy (non-hydrogen) atoms. The summed E-state index contributed by atoms with van der Waals surface area (Å²) in [5.74, 6) is 0. The topological polar surface area (TPSA) is 67.2 Å². The molecular weight excluding hydrogens is 352 g/mol. The van der Waals surface area contributed by atoms with E-state index in [9.17, 15) is 5.11 Å². The summed E-state index contributed by atoms with van der Waals surface area (Å²) in [5, 5.41) is 27.4. The van der Waals surface area contributed by atoms with Gasteiger partial charge in [-0.05, 0) is 32.5 Å². The van der Waals surface area contributed by atoms with E-state index in [2.05, 4.69) is 16.7 Å². The lowest BCUT2D eigenvalue weighted by molar-refractivity contribution is 0.147. The quantitative estimate of drug-likeness (QED) is 0.228. The van der Waals surface area contributed by atoms with Gasteiger partial charge in [-0.2, -0.15) is 0 Å². The van der Waals surface area contributed by atoms with Crippen molar-refractivity contribution in [2.45, 2.75) is 90.4 Å². The number of rotatable bonds is 23. The number of nitrogens with zero attached hydrogens (tertiary/aromatic N) is 2. The van der Waals surface area contributed by atoms with Gasteiger partial charge in [0.05, 0.1) is 19.8 Å². The van der Waals surface area contributed by atoms with E-state index in [1.807, 2.05) is 0 Å². The summed E-state index contributed by atoms with van der Waals surface area (Å²) in [5.41, 5.74) is 0. The highest BCUT2D eigenvalue weighted by atomic mass is 16.3. The highest BCUT2D eigenvalue weighted by Crippen LogP contribution is 2.12. The second-order valence-electron chi connectivity index (χ2n) is 8.10. The van der Waals surface area contributed by atoms with Gasteiger partial charge >= 0.3 is 0 Å². The summed E-state index contributed by atoms with van der Waals surface area (Å²) in [6.07, 6.45) is 17.4. The van der Waals surface area contributed by atoms with Crippen molar-refractivity contribution in [2.75, 3.05) is 59.1 Å². The van der Waals surface area contributed by atoms with Gasteiger partial charge in [-0.15, -0.1) is 0 Å². The highest BCUT2D eigenvalue weighted by Gasteiger charge is 2.07. The van der Waals surface area contributed by atoms with E-state index in [4.69, 9.17) is 10.2 Å². The first-order chi connectivity index (χ1) is 13.8. The minimum absolute atomic E-state index is 0.138. The Labute approximate surface area is 175 Å². The maximum absolute atomic E-state index is 9.29. The first kappa shape index (κ1) is 27.8. The van der Waals surface area contributed by atoms with Crippen LogP contribution in [-0.4, -0.2) is 84.2 Å². The van der Waals surface area contributed by atoms with Crippen molar-refractivity contribution >= 4 is 0 Å². The van der Waals surface area contributed by atoms with E-state index < -0.39 is 0 Å². The van der Waals surface area contributed by atoms with Crippen LogP contribution >= 0.6 is 0 Å². The minimum Gasteiger partial charge on any atom is -0.395 e. The Morgan fingerprint density at radius 2 is 0.714 bits per heavy atom. The van der Waals surface area contributed by atoms with Crippen molar-refractivity contribution in [1.82, 2.24) is 9.80 Å². The van der Waals surface area contributed by atoms with Gasteiger partial charge in [0.2, 0.25) is 0 Å².